The molecule has 0 unspecified atom stereocenters. The molecule has 1 amide bonds. The zero-order valence-electron chi connectivity index (χ0n) is 12.0. The Labute approximate surface area is 124 Å². The summed E-state index contributed by atoms with van der Waals surface area (Å²) >= 11 is 0. The third kappa shape index (κ3) is 4.28. The Kier molecular flexibility index (Phi) is 5.32. The van der Waals surface area contributed by atoms with Crippen LogP contribution in [0.4, 0.5) is 4.39 Å². The summed E-state index contributed by atoms with van der Waals surface area (Å²) in [7, 11) is 2.05. The summed E-state index contributed by atoms with van der Waals surface area (Å²) < 4.78 is 13.9. The van der Waals surface area contributed by atoms with Gasteiger partial charge in [-0.15, -0.1) is 0 Å². The number of nitrogens with zero attached hydrogens (tertiary/aromatic N) is 1. The third-order valence-electron chi connectivity index (χ3n) is 3.58. The van der Waals surface area contributed by atoms with Crippen molar-refractivity contribution in [3.05, 3.63) is 35.1 Å². The molecule has 0 bridgehead atoms. The monoisotopic (exact) mass is 290 g/mol. The van der Waals surface area contributed by atoms with Gasteiger partial charge in [-0.1, -0.05) is 11.8 Å². The van der Waals surface area contributed by atoms with Crippen LogP contribution >= 0.6 is 0 Å². The average Bonchev–Trinajstić information content (AvgIpc) is 2.47. The van der Waals surface area contributed by atoms with Crippen molar-refractivity contribution in [2.45, 2.75) is 18.9 Å². The summed E-state index contributed by atoms with van der Waals surface area (Å²) in [6.45, 7) is 1.59. The van der Waals surface area contributed by atoms with Gasteiger partial charge in [0.1, 0.15) is 12.4 Å². The largest absolute Gasteiger partial charge is 0.384 e. The smallest absolute Gasteiger partial charge is 0.254 e. The highest BCUT2D eigenvalue weighted by Crippen LogP contribution is 2.13. The molecule has 0 aromatic heterocycles. The second kappa shape index (κ2) is 7.21. The minimum absolute atomic E-state index is 0.0310. The molecule has 1 aliphatic heterocycles. The number of piperidine rings is 1. The maximum atomic E-state index is 13.9. The molecule has 4 nitrogen and oxygen atoms in total. The van der Waals surface area contributed by atoms with Crippen molar-refractivity contribution in [3.8, 4) is 11.8 Å². The summed E-state index contributed by atoms with van der Waals surface area (Å²) in [6, 6.07) is 4.32. The van der Waals surface area contributed by atoms with E-state index in [-0.39, 0.29) is 24.1 Å². The lowest BCUT2D eigenvalue weighted by Gasteiger charge is -2.29. The van der Waals surface area contributed by atoms with Gasteiger partial charge in [-0.25, -0.2) is 4.39 Å². The van der Waals surface area contributed by atoms with Gasteiger partial charge in [0.2, 0.25) is 0 Å². The Bertz CT molecular complexity index is 569. The van der Waals surface area contributed by atoms with E-state index in [9.17, 15) is 9.18 Å². The molecule has 1 aliphatic rings. The van der Waals surface area contributed by atoms with E-state index in [1.54, 1.807) is 6.07 Å². The number of likely N-dealkylation sites (tertiary alicyclic amines) is 1. The fourth-order valence-corrected chi connectivity index (χ4v) is 2.33. The van der Waals surface area contributed by atoms with Crippen molar-refractivity contribution in [1.82, 2.24) is 10.2 Å². The molecule has 2 rings (SSSR count). The second-order valence-electron chi connectivity index (χ2n) is 5.21. The number of carbonyl (C=O) groups is 1. The highest BCUT2D eigenvalue weighted by Gasteiger charge is 2.20. The first-order valence-corrected chi connectivity index (χ1v) is 6.99. The van der Waals surface area contributed by atoms with Gasteiger partial charge in [0.15, 0.2) is 0 Å². The van der Waals surface area contributed by atoms with E-state index in [0.29, 0.717) is 5.56 Å². The standard InChI is InChI=1S/C16H19FN2O2/c1-19-8-6-13(7-9-19)18-16(21)14-5-4-12(3-2-10-20)11-15(14)17/h4-5,11,13,20H,6-10H2,1H3,(H,18,21). The SMILES string of the molecule is CN1CCC(NC(=O)c2ccc(C#CCO)cc2F)CC1. The van der Waals surface area contributed by atoms with Gasteiger partial charge in [0.05, 0.1) is 5.56 Å². The molecule has 0 aliphatic carbocycles. The van der Waals surface area contributed by atoms with Crippen molar-refractivity contribution in [3.63, 3.8) is 0 Å². The first kappa shape index (κ1) is 15.5. The summed E-state index contributed by atoms with van der Waals surface area (Å²) in [5.74, 6) is 4.08. The minimum Gasteiger partial charge on any atom is -0.384 e. The Morgan fingerprint density at radius 3 is 2.81 bits per heavy atom. The number of nitrogens with one attached hydrogen (secondary N) is 1. The van der Waals surface area contributed by atoms with E-state index in [0.717, 1.165) is 25.9 Å². The molecule has 0 saturated carbocycles. The van der Waals surface area contributed by atoms with Crippen LogP contribution in [0.25, 0.3) is 0 Å². The van der Waals surface area contributed by atoms with Crippen molar-refractivity contribution in [1.29, 1.82) is 0 Å². The topological polar surface area (TPSA) is 52.6 Å². The van der Waals surface area contributed by atoms with Crippen LogP contribution < -0.4 is 5.32 Å². The van der Waals surface area contributed by atoms with Crippen molar-refractivity contribution < 1.29 is 14.3 Å². The average molecular weight is 290 g/mol. The Balaban J connectivity index is 2.02. The lowest BCUT2D eigenvalue weighted by Crippen LogP contribution is -2.43. The van der Waals surface area contributed by atoms with Crippen LogP contribution in [0.2, 0.25) is 0 Å². The Morgan fingerprint density at radius 2 is 2.19 bits per heavy atom. The van der Waals surface area contributed by atoms with E-state index >= 15 is 0 Å². The molecule has 1 saturated heterocycles. The van der Waals surface area contributed by atoms with Crippen LogP contribution in [0.1, 0.15) is 28.8 Å². The van der Waals surface area contributed by atoms with Crippen LogP contribution in [-0.2, 0) is 0 Å². The first-order valence-electron chi connectivity index (χ1n) is 6.99. The Hall–Kier alpha value is -1.90. The van der Waals surface area contributed by atoms with Crippen molar-refractivity contribution in [2.75, 3.05) is 26.7 Å². The summed E-state index contributed by atoms with van der Waals surface area (Å²) in [5, 5.41) is 11.5. The predicted molar refractivity (Wildman–Crippen MR) is 78.3 cm³/mol. The molecule has 21 heavy (non-hydrogen) atoms. The molecule has 1 heterocycles. The van der Waals surface area contributed by atoms with Crippen LogP contribution in [0.15, 0.2) is 18.2 Å². The fourth-order valence-electron chi connectivity index (χ4n) is 2.33. The number of carbonyl (C=O) groups excluding carboxylic acids is 1. The molecular formula is C16H19FN2O2. The molecule has 112 valence electrons. The van der Waals surface area contributed by atoms with Gasteiger partial charge >= 0.3 is 0 Å². The lowest BCUT2D eigenvalue weighted by atomic mass is 10.0. The van der Waals surface area contributed by atoms with Crippen molar-refractivity contribution >= 4 is 5.91 Å². The van der Waals surface area contributed by atoms with E-state index in [1.165, 1.54) is 12.1 Å². The van der Waals surface area contributed by atoms with E-state index in [2.05, 4.69) is 22.1 Å². The number of hydrogen-bond donors (Lipinski definition) is 2. The number of rotatable bonds is 2. The maximum absolute atomic E-state index is 13.9. The Morgan fingerprint density at radius 1 is 1.48 bits per heavy atom. The zero-order chi connectivity index (χ0) is 15.2. The molecule has 0 spiro atoms. The highest BCUT2D eigenvalue weighted by atomic mass is 19.1. The van der Waals surface area contributed by atoms with E-state index in [1.807, 2.05) is 7.05 Å². The van der Waals surface area contributed by atoms with E-state index in [4.69, 9.17) is 5.11 Å². The van der Waals surface area contributed by atoms with Crippen LogP contribution in [-0.4, -0.2) is 48.7 Å². The number of hydrogen-bond acceptors (Lipinski definition) is 3. The molecule has 2 N–H and O–H groups in total. The van der Waals surface area contributed by atoms with Crippen LogP contribution in [0, 0.1) is 17.7 Å². The molecule has 0 radical (unpaired) electrons. The molecule has 5 heteroatoms. The van der Waals surface area contributed by atoms with Crippen LogP contribution in [0.5, 0.6) is 0 Å². The normalized spacial score (nSPS) is 16.1. The van der Waals surface area contributed by atoms with Crippen molar-refractivity contribution in [2.24, 2.45) is 0 Å². The number of aliphatic hydroxyl groups excluding tert-OH is 1. The number of halogens is 1. The molecular weight excluding hydrogens is 271 g/mol. The van der Waals surface area contributed by atoms with Gasteiger partial charge in [0.25, 0.3) is 5.91 Å². The van der Waals surface area contributed by atoms with Gasteiger partial charge in [-0.05, 0) is 51.2 Å². The maximum Gasteiger partial charge on any atom is 0.254 e. The number of benzene rings is 1. The lowest BCUT2D eigenvalue weighted by molar-refractivity contribution is 0.0913. The molecule has 1 aromatic carbocycles. The molecule has 1 aromatic rings. The predicted octanol–water partition coefficient (Wildman–Crippen LogP) is 0.993. The summed E-state index contributed by atoms with van der Waals surface area (Å²) in [6.07, 6.45) is 1.76. The highest BCUT2D eigenvalue weighted by molar-refractivity contribution is 5.94. The van der Waals surface area contributed by atoms with Gasteiger partial charge < -0.3 is 15.3 Å². The minimum atomic E-state index is -0.592. The molecule has 0 atom stereocenters. The number of amides is 1. The van der Waals surface area contributed by atoms with E-state index < -0.39 is 5.82 Å². The van der Waals surface area contributed by atoms with Crippen LogP contribution in [0.3, 0.4) is 0 Å². The quantitative estimate of drug-likeness (QED) is 0.799. The first-order chi connectivity index (χ1) is 10.1. The fraction of sp³-hybridized carbons (Fsp3) is 0.438. The summed E-state index contributed by atoms with van der Waals surface area (Å²) in [4.78, 5) is 14.3. The second-order valence-corrected chi connectivity index (χ2v) is 5.21. The molecule has 1 fully saturated rings. The third-order valence-corrected chi connectivity index (χ3v) is 3.58. The summed E-state index contributed by atoms with van der Waals surface area (Å²) in [5.41, 5.74) is 0.473. The zero-order valence-corrected chi connectivity index (χ0v) is 12.0. The van der Waals surface area contributed by atoms with Gasteiger partial charge in [-0.2, -0.15) is 0 Å². The number of aliphatic hydroxyl groups is 1. The van der Waals surface area contributed by atoms with Gasteiger partial charge in [0, 0.05) is 11.6 Å². The van der Waals surface area contributed by atoms with Gasteiger partial charge in [-0.3, -0.25) is 4.79 Å².